The zero-order chi connectivity index (χ0) is 17.5. The second kappa shape index (κ2) is 8.95. The van der Waals surface area contributed by atoms with Crippen molar-refractivity contribution in [3.63, 3.8) is 0 Å². The molecule has 132 valence electrons. The molecule has 1 saturated heterocycles. The monoisotopic (exact) mass is 330 g/mol. The zero-order valence-electron chi connectivity index (χ0n) is 14.0. The fourth-order valence-electron chi connectivity index (χ4n) is 1.90. The highest BCUT2D eigenvalue weighted by molar-refractivity contribution is 6.01. The summed E-state index contributed by atoms with van der Waals surface area (Å²) >= 11 is 0. The molecule has 0 saturated carbocycles. The minimum absolute atomic E-state index is 0.0373. The van der Waals surface area contributed by atoms with Gasteiger partial charge >= 0.3 is 5.97 Å². The molecule has 1 heterocycles. The molecule has 1 unspecified atom stereocenters. The summed E-state index contributed by atoms with van der Waals surface area (Å²) in [5, 5.41) is 0.541. The molecule has 8 heteroatoms. The summed E-state index contributed by atoms with van der Waals surface area (Å²) in [7, 11) is 0. The molecular weight excluding hydrogens is 304 g/mol. The van der Waals surface area contributed by atoms with Gasteiger partial charge in [0.05, 0.1) is 19.1 Å². The van der Waals surface area contributed by atoms with E-state index in [9.17, 15) is 14.4 Å². The number of imide groups is 1. The first-order valence-corrected chi connectivity index (χ1v) is 7.82. The van der Waals surface area contributed by atoms with Gasteiger partial charge in [-0.25, -0.2) is 4.79 Å². The summed E-state index contributed by atoms with van der Waals surface area (Å²) in [5.41, 5.74) is 5.14. The van der Waals surface area contributed by atoms with Gasteiger partial charge in [0.25, 0.3) is 11.8 Å². The van der Waals surface area contributed by atoms with Crippen molar-refractivity contribution in [1.29, 1.82) is 0 Å². The molecule has 1 aliphatic rings. The van der Waals surface area contributed by atoms with Crippen molar-refractivity contribution >= 4 is 17.8 Å². The van der Waals surface area contributed by atoms with E-state index in [1.807, 2.05) is 13.8 Å². The number of carbonyl (C=O) groups is 3. The van der Waals surface area contributed by atoms with Gasteiger partial charge in [0, 0.05) is 25.9 Å². The Morgan fingerprint density at radius 3 is 2.43 bits per heavy atom. The molecule has 0 aliphatic carbocycles. The van der Waals surface area contributed by atoms with Crippen LogP contribution in [0.2, 0.25) is 0 Å². The molecule has 8 nitrogen and oxygen atoms in total. The van der Waals surface area contributed by atoms with Crippen LogP contribution in [-0.4, -0.2) is 47.9 Å². The van der Waals surface area contributed by atoms with Crippen LogP contribution < -0.4 is 5.73 Å². The fourth-order valence-corrected chi connectivity index (χ4v) is 1.90. The quantitative estimate of drug-likeness (QED) is 0.360. The van der Waals surface area contributed by atoms with E-state index in [1.54, 1.807) is 6.92 Å². The molecule has 0 aromatic heterocycles. The van der Waals surface area contributed by atoms with E-state index in [0.717, 1.165) is 0 Å². The summed E-state index contributed by atoms with van der Waals surface area (Å²) in [6.45, 7) is 6.39. The maximum atomic E-state index is 11.6. The van der Waals surface area contributed by atoms with Crippen LogP contribution in [0.3, 0.4) is 0 Å². The third-order valence-corrected chi connectivity index (χ3v) is 3.21. The van der Waals surface area contributed by atoms with Crippen LogP contribution in [-0.2, 0) is 28.7 Å². The summed E-state index contributed by atoms with van der Waals surface area (Å²) in [6.07, 6.45) is 1.25. The molecule has 1 fully saturated rings. The van der Waals surface area contributed by atoms with Crippen molar-refractivity contribution in [2.24, 2.45) is 5.73 Å². The first kappa shape index (κ1) is 19.5. The van der Waals surface area contributed by atoms with Crippen molar-refractivity contribution in [1.82, 2.24) is 5.06 Å². The lowest BCUT2D eigenvalue weighted by Crippen LogP contribution is -2.41. The number of hydrogen-bond donors (Lipinski definition) is 1. The molecule has 2 amide bonds. The van der Waals surface area contributed by atoms with Gasteiger partial charge in [-0.2, -0.15) is 0 Å². The molecule has 0 aromatic carbocycles. The third-order valence-electron chi connectivity index (χ3n) is 3.21. The van der Waals surface area contributed by atoms with E-state index in [0.29, 0.717) is 24.5 Å². The Balaban J connectivity index is 2.17. The van der Waals surface area contributed by atoms with Gasteiger partial charge in [0.15, 0.2) is 0 Å². The highest BCUT2D eigenvalue weighted by atomic mass is 16.7. The summed E-state index contributed by atoms with van der Waals surface area (Å²) in [6, 6.07) is 0. The minimum atomic E-state index is -0.834. The van der Waals surface area contributed by atoms with Crippen LogP contribution in [0.15, 0.2) is 0 Å². The second-order valence-electron chi connectivity index (χ2n) is 5.98. The van der Waals surface area contributed by atoms with E-state index >= 15 is 0 Å². The van der Waals surface area contributed by atoms with E-state index in [1.165, 1.54) is 0 Å². The smallest absolute Gasteiger partial charge is 0.333 e. The van der Waals surface area contributed by atoms with Gasteiger partial charge in [-0.05, 0) is 27.2 Å². The molecule has 1 aliphatic heterocycles. The standard InChI is InChI=1S/C15H26N2O6/c1-11(2)21-10-8-15(3,16)22-9-4-5-14(20)23-17-12(18)6-7-13(17)19/h11H,4-10,16H2,1-3H3. The van der Waals surface area contributed by atoms with Crippen LogP contribution in [0.5, 0.6) is 0 Å². The number of carbonyl (C=O) groups excluding carboxylic acids is 3. The van der Waals surface area contributed by atoms with Crippen LogP contribution in [0.4, 0.5) is 0 Å². The average Bonchev–Trinajstić information content (AvgIpc) is 2.75. The lowest BCUT2D eigenvalue weighted by atomic mass is 10.2. The molecule has 1 atom stereocenters. The van der Waals surface area contributed by atoms with Gasteiger partial charge in [0.1, 0.15) is 5.72 Å². The Morgan fingerprint density at radius 1 is 1.26 bits per heavy atom. The van der Waals surface area contributed by atoms with Crippen molar-refractivity contribution in [3.05, 3.63) is 0 Å². The average molecular weight is 330 g/mol. The molecule has 0 spiro atoms. The Kier molecular flexibility index (Phi) is 7.60. The Morgan fingerprint density at radius 2 is 1.87 bits per heavy atom. The highest BCUT2D eigenvalue weighted by Gasteiger charge is 2.32. The first-order chi connectivity index (χ1) is 10.7. The van der Waals surface area contributed by atoms with Gasteiger partial charge in [-0.15, -0.1) is 5.06 Å². The Hall–Kier alpha value is -1.51. The summed E-state index contributed by atoms with van der Waals surface area (Å²) in [5.74, 6) is -1.61. The molecule has 2 N–H and O–H groups in total. The van der Waals surface area contributed by atoms with E-state index in [-0.39, 0.29) is 32.0 Å². The molecule has 0 radical (unpaired) electrons. The van der Waals surface area contributed by atoms with E-state index in [2.05, 4.69) is 0 Å². The van der Waals surface area contributed by atoms with Crippen molar-refractivity contribution in [3.8, 4) is 0 Å². The highest BCUT2D eigenvalue weighted by Crippen LogP contribution is 2.14. The van der Waals surface area contributed by atoms with Gasteiger partial charge in [-0.1, -0.05) is 0 Å². The molecule has 1 rings (SSSR count). The number of rotatable bonds is 10. The summed E-state index contributed by atoms with van der Waals surface area (Å²) < 4.78 is 10.9. The number of nitrogens with zero attached hydrogens (tertiary/aromatic N) is 1. The van der Waals surface area contributed by atoms with Crippen LogP contribution >= 0.6 is 0 Å². The van der Waals surface area contributed by atoms with Crippen molar-refractivity contribution < 1.29 is 28.7 Å². The Bertz CT molecular complexity index is 420. The van der Waals surface area contributed by atoms with Crippen LogP contribution in [0.1, 0.15) is 52.9 Å². The predicted molar refractivity (Wildman–Crippen MR) is 80.7 cm³/mol. The number of nitrogens with two attached hydrogens (primary N) is 1. The first-order valence-electron chi connectivity index (χ1n) is 7.82. The zero-order valence-corrected chi connectivity index (χ0v) is 14.0. The molecule has 23 heavy (non-hydrogen) atoms. The lowest BCUT2D eigenvalue weighted by molar-refractivity contribution is -0.197. The normalized spacial score (nSPS) is 17.7. The number of hydroxylamine groups is 2. The molecule has 0 bridgehead atoms. The van der Waals surface area contributed by atoms with Gasteiger partial charge < -0.3 is 20.0 Å². The molecule has 0 aromatic rings. The van der Waals surface area contributed by atoms with E-state index in [4.69, 9.17) is 20.0 Å². The number of amides is 2. The maximum absolute atomic E-state index is 11.6. The fraction of sp³-hybridized carbons (Fsp3) is 0.800. The van der Waals surface area contributed by atoms with Gasteiger partial charge in [0.2, 0.25) is 0 Å². The Labute approximate surface area is 136 Å². The third kappa shape index (κ3) is 7.54. The largest absolute Gasteiger partial charge is 0.379 e. The van der Waals surface area contributed by atoms with Crippen molar-refractivity contribution in [2.45, 2.75) is 64.7 Å². The lowest BCUT2D eigenvalue weighted by Gasteiger charge is -2.25. The van der Waals surface area contributed by atoms with E-state index < -0.39 is 23.5 Å². The number of ether oxygens (including phenoxy) is 2. The van der Waals surface area contributed by atoms with Crippen molar-refractivity contribution in [2.75, 3.05) is 13.2 Å². The summed E-state index contributed by atoms with van der Waals surface area (Å²) in [4.78, 5) is 38.9. The second-order valence-corrected chi connectivity index (χ2v) is 5.98. The number of hydrogen-bond acceptors (Lipinski definition) is 7. The minimum Gasteiger partial charge on any atom is -0.379 e. The predicted octanol–water partition coefficient (Wildman–Crippen LogP) is 0.880. The molecular formula is C15H26N2O6. The maximum Gasteiger partial charge on any atom is 0.333 e. The SMILES string of the molecule is CC(C)OCCC(C)(N)OCCCC(=O)ON1C(=O)CCC1=O. The topological polar surface area (TPSA) is 108 Å². The van der Waals surface area contributed by atoms with Crippen LogP contribution in [0.25, 0.3) is 0 Å². The van der Waals surface area contributed by atoms with Crippen LogP contribution in [0, 0.1) is 0 Å². The van der Waals surface area contributed by atoms with Gasteiger partial charge in [-0.3, -0.25) is 9.59 Å².